The van der Waals surface area contributed by atoms with Gasteiger partial charge in [0, 0.05) is 0 Å². The average Bonchev–Trinajstić information content (AvgIpc) is 2.50. The summed E-state index contributed by atoms with van der Waals surface area (Å²) in [5.41, 5.74) is 6.63. The maximum atomic E-state index is 11.0. The van der Waals surface area contributed by atoms with Crippen molar-refractivity contribution in [2.45, 2.75) is 12.5 Å². The third-order valence-electron chi connectivity index (χ3n) is 2.47. The number of rotatable bonds is 3. The van der Waals surface area contributed by atoms with Crippen molar-refractivity contribution in [3.05, 3.63) is 72.3 Å². The minimum atomic E-state index is -0.563. The summed E-state index contributed by atoms with van der Waals surface area (Å²) in [7, 11) is 1.34. The van der Waals surface area contributed by atoms with Crippen molar-refractivity contribution < 1.29 is 9.53 Å². The molecule has 0 amide bonds. The van der Waals surface area contributed by atoms with Gasteiger partial charge in [0.15, 0.2) is 0 Å². The number of hydrogen-bond donors (Lipinski definition) is 1. The van der Waals surface area contributed by atoms with Crippen LogP contribution in [0, 0.1) is 0 Å². The summed E-state index contributed by atoms with van der Waals surface area (Å²) in [5, 5.41) is 0. The zero-order valence-corrected chi connectivity index (χ0v) is 11.0. The van der Waals surface area contributed by atoms with E-state index in [-0.39, 0.29) is 5.97 Å². The highest BCUT2D eigenvalue weighted by molar-refractivity contribution is 5.75. The Balaban J connectivity index is 0.000000250. The lowest BCUT2D eigenvalue weighted by molar-refractivity contribution is -0.142. The predicted molar refractivity (Wildman–Crippen MR) is 76.6 cm³/mol. The Morgan fingerprint density at radius 1 is 1.00 bits per heavy atom. The van der Waals surface area contributed by atoms with Crippen LogP contribution in [0.5, 0.6) is 0 Å². The van der Waals surface area contributed by atoms with Crippen LogP contribution in [0.25, 0.3) is 0 Å². The first kappa shape index (κ1) is 14.9. The topological polar surface area (TPSA) is 52.3 Å². The molecule has 0 aliphatic heterocycles. The van der Waals surface area contributed by atoms with Crippen LogP contribution in [0.1, 0.15) is 5.56 Å². The zero-order chi connectivity index (χ0) is 13.9. The van der Waals surface area contributed by atoms with Crippen LogP contribution in [0.4, 0.5) is 0 Å². The second-order valence-electron chi connectivity index (χ2n) is 3.97. The van der Waals surface area contributed by atoms with Crippen molar-refractivity contribution in [1.82, 2.24) is 0 Å². The molecule has 1 unspecified atom stereocenters. The molecule has 0 radical (unpaired) electrons. The first-order valence-corrected chi connectivity index (χ1v) is 6.11. The molecular weight excluding hydrogens is 238 g/mol. The van der Waals surface area contributed by atoms with E-state index in [1.165, 1.54) is 7.11 Å². The lowest BCUT2D eigenvalue weighted by atomic mass is 10.1. The highest BCUT2D eigenvalue weighted by Gasteiger charge is 2.13. The Hall–Kier alpha value is -2.13. The molecule has 0 saturated heterocycles. The van der Waals surface area contributed by atoms with E-state index in [1.807, 2.05) is 66.7 Å². The third-order valence-corrected chi connectivity index (χ3v) is 2.47. The average molecular weight is 257 g/mol. The smallest absolute Gasteiger partial charge is 0.322 e. The largest absolute Gasteiger partial charge is 0.468 e. The van der Waals surface area contributed by atoms with Crippen LogP contribution in [0.3, 0.4) is 0 Å². The second kappa shape index (κ2) is 8.89. The van der Waals surface area contributed by atoms with E-state index in [0.29, 0.717) is 6.42 Å². The number of carbonyl (C=O) groups is 1. The molecule has 3 heteroatoms. The minimum Gasteiger partial charge on any atom is -0.468 e. The Labute approximate surface area is 114 Å². The summed E-state index contributed by atoms with van der Waals surface area (Å²) in [5.74, 6) is -0.371. The normalized spacial score (nSPS) is 10.8. The molecule has 0 aliphatic carbocycles. The standard InChI is InChI=1S/C10H13NO2.C6H6/c1-13-10(12)9(11)7-8-5-3-2-4-6-8;1-2-4-6-5-3-1/h2-6,9H,7,11H2,1H3;1-6H. The maximum absolute atomic E-state index is 11.0. The quantitative estimate of drug-likeness (QED) is 0.859. The summed E-state index contributed by atoms with van der Waals surface area (Å²) in [4.78, 5) is 11.0. The minimum absolute atomic E-state index is 0.371. The molecule has 3 nitrogen and oxygen atoms in total. The Morgan fingerprint density at radius 2 is 1.42 bits per heavy atom. The number of carbonyl (C=O) groups excluding carboxylic acids is 1. The van der Waals surface area contributed by atoms with Gasteiger partial charge in [-0.3, -0.25) is 4.79 Å². The number of benzene rings is 2. The molecule has 2 rings (SSSR count). The molecule has 2 aromatic rings. The highest BCUT2D eigenvalue weighted by atomic mass is 16.5. The van der Waals surface area contributed by atoms with Gasteiger partial charge in [-0.15, -0.1) is 0 Å². The lowest BCUT2D eigenvalue weighted by Crippen LogP contribution is -2.33. The van der Waals surface area contributed by atoms with Gasteiger partial charge < -0.3 is 10.5 Å². The highest BCUT2D eigenvalue weighted by Crippen LogP contribution is 2.02. The number of nitrogens with two attached hydrogens (primary N) is 1. The van der Waals surface area contributed by atoms with Crippen molar-refractivity contribution >= 4 is 5.97 Å². The van der Waals surface area contributed by atoms with Gasteiger partial charge in [-0.2, -0.15) is 0 Å². The van der Waals surface area contributed by atoms with Gasteiger partial charge in [-0.1, -0.05) is 66.7 Å². The van der Waals surface area contributed by atoms with Gasteiger partial charge in [0.05, 0.1) is 7.11 Å². The molecule has 19 heavy (non-hydrogen) atoms. The zero-order valence-electron chi connectivity index (χ0n) is 11.0. The second-order valence-corrected chi connectivity index (χ2v) is 3.97. The van der Waals surface area contributed by atoms with E-state index in [4.69, 9.17) is 5.73 Å². The molecule has 100 valence electrons. The molecule has 1 atom stereocenters. The molecule has 0 aromatic heterocycles. The van der Waals surface area contributed by atoms with E-state index in [0.717, 1.165) is 5.56 Å². The maximum Gasteiger partial charge on any atom is 0.322 e. The van der Waals surface area contributed by atoms with Crippen LogP contribution in [-0.2, 0) is 16.0 Å². The molecule has 0 heterocycles. The van der Waals surface area contributed by atoms with Gasteiger partial charge in [-0.05, 0) is 12.0 Å². The Bertz CT molecular complexity index is 430. The Morgan fingerprint density at radius 3 is 1.84 bits per heavy atom. The molecule has 2 aromatic carbocycles. The van der Waals surface area contributed by atoms with Crippen LogP contribution >= 0.6 is 0 Å². The van der Waals surface area contributed by atoms with Crippen molar-refractivity contribution in [3.8, 4) is 0 Å². The fourth-order valence-corrected chi connectivity index (χ4v) is 1.49. The fraction of sp³-hybridized carbons (Fsp3) is 0.188. The molecule has 0 spiro atoms. The summed E-state index contributed by atoms with van der Waals surface area (Å²) in [6, 6.07) is 21.1. The number of hydrogen-bond acceptors (Lipinski definition) is 3. The molecule has 0 saturated carbocycles. The number of methoxy groups -OCH3 is 1. The van der Waals surface area contributed by atoms with E-state index < -0.39 is 6.04 Å². The predicted octanol–water partition coefficient (Wildman–Crippen LogP) is 2.42. The lowest BCUT2D eigenvalue weighted by Gasteiger charge is -2.08. The van der Waals surface area contributed by atoms with E-state index in [2.05, 4.69) is 4.74 Å². The third kappa shape index (κ3) is 6.38. The molecule has 2 N–H and O–H groups in total. The van der Waals surface area contributed by atoms with Crippen molar-refractivity contribution in [3.63, 3.8) is 0 Å². The van der Waals surface area contributed by atoms with Gasteiger partial charge in [0.1, 0.15) is 6.04 Å². The van der Waals surface area contributed by atoms with Crippen LogP contribution in [-0.4, -0.2) is 19.1 Å². The molecule has 0 aliphatic rings. The number of esters is 1. The van der Waals surface area contributed by atoms with E-state index in [1.54, 1.807) is 0 Å². The van der Waals surface area contributed by atoms with Crippen molar-refractivity contribution in [2.24, 2.45) is 5.73 Å². The van der Waals surface area contributed by atoms with Crippen molar-refractivity contribution in [2.75, 3.05) is 7.11 Å². The first-order chi connectivity index (χ1) is 9.24. The van der Waals surface area contributed by atoms with Crippen LogP contribution in [0.2, 0.25) is 0 Å². The van der Waals surface area contributed by atoms with Gasteiger partial charge in [0.2, 0.25) is 0 Å². The molecule has 0 bridgehead atoms. The molecule has 0 fully saturated rings. The van der Waals surface area contributed by atoms with Gasteiger partial charge >= 0.3 is 5.97 Å². The molecular formula is C16H19NO2. The van der Waals surface area contributed by atoms with E-state index >= 15 is 0 Å². The van der Waals surface area contributed by atoms with Crippen LogP contribution < -0.4 is 5.73 Å². The fourth-order valence-electron chi connectivity index (χ4n) is 1.49. The number of ether oxygens (including phenoxy) is 1. The van der Waals surface area contributed by atoms with Gasteiger partial charge in [-0.25, -0.2) is 0 Å². The summed E-state index contributed by atoms with van der Waals surface area (Å²) in [6.07, 6.45) is 0.521. The van der Waals surface area contributed by atoms with Gasteiger partial charge in [0.25, 0.3) is 0 Å². The summed E-state index contributed by atoms with van der Waals surface area (Å²) < 4.78 is 4.52. The Kier molecular flexibility index (Phi) is 6.98. The summed E-state index contributed by atoms with van der Waals surface area (Å²) >= 11 is 0. The first-order valence-electron chi connectivity index (χ1n) is 6.11. The van der Waals surface area contributed by atoms with E-state index in [9.17, 15) is 4.79 Å². The monoisotopic (exact) mass is 257 g/mol. The van der Waals surface area contributed by atoms with Crippen molar-refractivity contribution in [1.29, 1.82) is 0 Å². The SMILES string of the molecule is COC(=O)C(N)Cc1ccccc1.c1ccccc1. The summed E-state index contributed by atoms with van der Waals surface area (Å²) in [6.45, 7) is 0. The van der Waals surface area contributed by atoms with Crippen LogP contribution in [0.15, 0.2) is 66.7 Å².